The zero-order chi connectivity index (χ0) is 12.4. The molecule has 7 nitrogen and oxygen atoms in total. The average molecular weight is 264 g/mol. The second-order valence-electron chi connectivity index (χ2n) is 3.35. The maximum Gasteiger partial charge on any atom is 0.284 e. The van der Waals surface area contributed by atoms with Gasteiger partial charge in [-0.25, -0.2) is 0 Å². The fraction of sp³-hybridized carbons (Fsp3) is 0.200. The van der Waals surface area contributed by atoms with Crippen LogP contribution in [-0.2, 0) is 5.75 Å². The molecule has 0 aromatic carbocycles. The summed E-state index contributed by atoms with van der Waals surface area (Å²) in [5, 5.41) is 15.8. The maximum atomic E-state index is 5.41. The Morgan fingerprint density at radius 3 is 2.83 bits per heavy atom. The van der Waals surface area contributed by atoms with Gasteiger partial charge in [-0.15, -0.1) is 20.4 Å². The Balaban J connectivity index is 1.67. The van der Waals surface area contributed by atoms with Crippen molar-refractivity contribution >= 4 is 11.8 Å². The molecule has 0 fully saturated rings. The highest BCUT2D eigenvalue weighted by Crippen LogP contribution is 2.25. The first kappa shape index (κ1) is 11.0. The number of aromatic nitrogens is 4. The lowest BCUT2D eigenvalue weighted by molar-refractivity contribution is 0.445. The number of hydrogen-bond donors (Lipinski definition) is 0. The van der Waals surface area contributed by atoms with E-state index in [2.05, 4.69) is 20.4 Å². The van der Waals surface area contributed by atoms with Gasteiger partial charge in [0, 0.05) is 6.92 Å². The molecule has 3 aromatic rings. The van der Waals surface area contributed by atoms with E-state index in [4.69, 9.17) is 13.3 Å². The van der Waals surface area contributed by atoms with E-state index < -0.39 is 0 Å². The van der Waals surface area contributed by atoms with Crippen LogP contribution in [0, 0.1) is 6.92 Å². The van der Waals surface area contributed by atoms with E-state index in [0.29, 0.717) is 34.4 Å². The van der Waals surface area contributed by atoms with Crippen molar-refractivity contribution in [2.45, 2.75) is 17.9 Å². The molecule has 18 heavy (non-hydrogen) atoms. The lowest BCUT2D eigenvalue weighted by Crippen LogP contribution is -1.80. The third kappa shape index (κ3) is 2.28. The molecule has 0 saturated heterocycles. The van der Waals surface area contributed by atoms with E-state index in [1.54, 1.807) is 25.3 Å². The summed E-state index contributed by atoms with van der Waals surface area (Å²) in [4.78, 5) is 0. The van der Waals surface area contributed by atoms with Crippen LogP contribution in [0.15, 0.2) is 36.9 Å². The fourth-order valence-corrected chi connectivity index (χ4v) is 1.89. The molecule has 0 spiro atoms. The van der Waals surface area contributed by atoms with Crippen LogP contribution >= 0.6 is 11.8 Å². The number of aryl methyl sites for hydroxylation is 1. The molecule has 0 bridgehead atoms. The Labute approximate surface area is 106 Å². The van der Waals surface area contributed by atoms with Gasteiger partial charge in [0.2, 0.25) is 11.8 Å². The molecule has 0 saturated carbocycles. The van der Waals surface area contributed by atoms with Gasteiger partial charge in [-0.3, -0.25) is 0 Å². The predicted molar refractivity (Wildman–Crippen MR) is 60.6 cm³/mol. The van der Waals surface area contributed by atoms with Crippen LogP contribution in [0.2, 0.25) is 0 Å². The Morgan fingerprint density at radius 1 is 1.17 bits per heavy atom. The summed E-state index contributed by atoms with van der Waals surface area (Å²) in [7, 11) is 0. The standard InChI is InChI=1S/C10H8N4O3S/c1-6-11-12-8(16-6)5-18-10-14-13-9(17-10)7-3-2-4-15-7/h2-4H,5H2,1H3. The van der Waals surface area contributed by atoms with Crippen molar-refractivity contribution in [3.8, 4) is 11.7 Å². The van der Waals surface area contributed by atoms with E-state index in [1.165, 1.54) is 11.8 Å². The van der Waals surface area contributed by atoms with E-state index in [1.807, 2.05) is 0 Å². The van der Waals surface area contributed by atoms with Gasteiger partial charge in [-0.05, 0) is 12.1 Å². The van der Waals surface area contributed by atoms with Crippen molar-refractivity contribution in [3.63, 3.8) is 0 Å². The molecule has 3 aromatic heterocycles. The lowest BCUT2D eigenvalue weighted by Gasteiger charge is -1.89. The van der Waals surface area contributed by atoms with Gasteiger partial charge >= 0.3 is 0 Å². The van der Waals surface area contributed by atoms with Gasteiger partial charge in [0.1, 0.15) is 0 Å². The number of furan rings is 1. The molecular weight excluding hydrogens is 256 g/mol. The van der Waals surface area contributed by atoms with Gasteiger partial charge in [-0.1, -0.05) is 11.8 Å². The first-order valence-electron chi connectivity index (χ1n) is 5.10. The first-order valence-corrected chi connectivity index (χ1v) is 6.09. The molecule has 0 atom stereocenters. The summed E-state index contributed by atoms with van der Waals surface area (Å²) in [5.41, 5.74) is 0. The highest BCUT2D eigenvalue weighted by Gasteiger charge is 2.12. The SMILES string of the molecule is Cc1nnc(CSc2nnc(-c3ccco3)o2)o1. The lowest BCUT2D eigenvalue weighted by atomic mass is 10.5. The number of hydrogen-bond acceptors (Lipinski definition) is 8. The molecule has 0 aliphatic carbocycles. The van der Waals surface area contributed by atoms with Crippen LogP contribution in [0.4, 0.5) is 0 Å². The molecule has 0 aliphatic heterocycles. The second kappa shape index (κ2) is 4.65. The molecule has 0 aliphatic rings. The third-order valence-electron chi connectivity index (χ3n) is 2.03. The Kier molecular flexibility index (Phi) is 2.85. The first-order chi connectivity index (χ1) is 8.81. The Morgan fingerprint density at radius 2 is 2.11 bits per heavy atom. The van der Waals surface area contributed by atoms with Crippen molar-refractivity contribution in [2.24, 2.45) is 0 Å². The van der Waals surface area contributed by atoms with E-state index in [0.717, 1.165) is 0 Å². The quantitative estimate of drug-likeness (QED) is 0.663. The summed E-state index contributed by atoms with van der Waals surface area (Å²) < 4.78 is 15.8. The van der Waals surface area contributed by atoms with Crippen LogP contribution in [0.1, 0.15) is 11.8 Å². The normalized spacial score (nSPS) is 10.9. The molecule has 3 rings (SSSR count). The van der Waals surface area contributed by atoms with Crippen molar-refractivity contribution in [3.05, 3.63) is 30.2 Å². The highest BCUT2D eigenvalue weighted by molar-refractivity contribution is 7.98. The zero-order valence-electron chi connectivity index (χ0n) is 9.36. The molecule has 3 heterocycles. The summed E-state index contributed by atoms with van der Waals surface area (Å²) >= 11 is 1.33. The minimum Gasteiger partial charge on any atom is -0.459 e. The number of rotatable bonds is 4. The average Bonchev–Trinajstić information content (AvgIpc) is 3.07. The Bertz CT molecular complexity index is 631. The molecule has 0 amide bonds. The van der Waals surface area contributed by atoms with Gasteiger partial charge in [0.05, 0.1) is 12.0 Å². The van der Waals surface area contributed by atoms with Crippen LogP contribution in [0.5, 0.6) is 0 Å². The van der Waals surface area contributed by atoms with Crippen LogP contribution < -0.4 is 0 Å². The monoisotopic (exact) mass is 264 g/mol. The predicted octanol–water partition coefficient (Wildman–Crippen LogP) is 2.31. The smallest absolute Gasteiger partial charge is 0.284 e. The minimum absolute atomic E-state index is 0.351. The minimum atomic E-state index is 0.351. The van der Waals surface area contributed by atoms with Crippen molar-refractivity contribution in [1.82, 2.24) is 20.4 Å². The molecule has 0 N–H and O–H groups in total. The summed E-state index contributed by atoms with van der Waals surface area (Å²) in [5.74, 6) is 2.44. The zero-order valence-corrected chi connectivity index (χ0v) is 10.2. The highest BCUT2D eigenvalue weighted by atomic mass is 32.2. The maximum absolute atomic E-state index is 5.41. The van der Waals surface area contributed by atoms with Crippen LogP contribution in [0.25, 0.3) is 11.7 Å². The van der Waals surface area contributed by atoms with Crippen molar-refractivity contribution in [2.75, 3.05) is 0 Å². The van der Waals surface area contributed by atoms with Gasteiger partial charge < -0.3 is 13.3 Å². The van der Waals surface area contributed by atoms with E-state index in [-0.39, 0.29) is 0 Å². The fourth-order valence-electron chi connectivity index (χ4n) is 1.29. The topological polar surface area (TPSA) is 91.0 Å². The molecule has 92 valence electrons. The van der Waals surface area contributed by atoms with Gasteiger partial charge in [0.15, 0.2) is 5.76 Å². The summed E-state index contributed by atoms with van der Waals surface area (Å²) in [6, 6.07) is 3.51. The third-order valence-corrected chi connectivity index (χ3v) is 2.83. The van der Waals surface area contributed by atoms with E-state index >= 15 is 0 Å². The largest absolute Gasteiger partial charge is 0.459 e. The van der Waals surface area contributed by atoms with Crippen LogP contribution in [0.3, 0.4) is 0 Å². The molecule has 0 unspecified atom stereocenters. The van der Waals surface area contributed by atoms with Crippen molar-refractivity contribution < 1.29 is 13.3 Å². The van der Waals surface area contributed by atoms with Crippen molar-refractivity contribution in [1.29, 1.82) is 0 Å². The van der Waals surface area contributed by atoms with Crippen LogP contribution in [-0.4, -0.2) is 20.4 Å². The van der Waals surface area contributed by atoms with Gasteiger partial charge in [-0.2, -0.15) is 0 Å². The van der Waals surface area contributed by atoms with Gasteiger partial charge in [0.25, 0.3) is 11.1 Å². The molecular formula is C10H8N4O3S. The molecule has 8 heteroatoms. The van der Waals surface area contributed by atoms with E-state index in [9.17, 15) is 0 Å². The summed E-state index contributed by atoms with van der Waals surface area (Å²) in [6.07, 6.45) is 1.55. The Hall–Kier alpha value is -2.09. The summed E-state index contributed by atoms with van der Waals surface area (Å²) in [6.45, 7) is 1.74. The number of thioether (sulfide) groups is 1. The second-order valence-corrected chi connectivity index (χ2v) is 4.28. The number of nitrogens with zero attached hydrogens (tertiary/aromatic N) is 4. The molecule has 0 radical (unpaired) electrons.